The highest BCUT2D eigenvalue weighted by Gasteiger charge is 2.23. The molecule has 2 aliphatic heterocycles. The van der Waals surface area contributed by atoms with Gasteiger partial charge in [0.1, 0.15) is 6.10 Å². The van der Waals surface area contributed by atoms with Crippen LogP contribution in [-0.4, -0.2) is 89.4 Å². The third-order valence-electron chi connectivity index (χ3n) is 3.46. The zero-order chi connectivity index (χ0) is 14.9. The molecule has 0 aromatic rings. The molecule has 2 atom stereocenters. The second-order valence-corrected chi connectivity index (χ2v) is 5.16. The minimum absolute atomic E-state index is 0.0585. The Morgan fingerprint density at radius 2 is 2.14 bits per heavy atom. The maximum atomic E-state index is 5.68. The second-order valence-electron chi connectivity index (χ2n) is 5.16. The molecule has 2 saturated heterocycles. The van der Waals surface area contributed by atoms with Crippen LogP contribution in [0.3, 0.4) is 0 Å². The normalized spacial score (nSPS) is 27.7. The highest BCUT2D eigenvalue weighted by molar-refractivity contribution is 5.80. The lowest BCUT2D eigenvalue weighted by atomic mass is 10.3. The van der Waals surface area contributed by atoms with Crippen LogP contribution in [0.2, 0.25) is 0 Å². The average Bonchev–Trinajstić information content (AvgIpc) is 2.53. The lowest BCUT2D eigenvalue weighted by Crippen LogP contribution is -2.51. The molecule has 21 heavy (non-hydrogen) atoms. The predicted octanol–water partition coefficient (Wildman–Crippen LogP) is -0.285. The molecule has 2 fully saturated rings. The minimum Gasteiger partial charge on any atom is -0.382 e. The van der Waals surface area contributed by atoms with Crippen molar-refractivity contribution in [2.24, 2.45) is 4.99 Å². The highest BCUT2D eigenvalue weighted by atomic mass is 16.6. The van der Waals surface area contributed by atoms with Crippen LogP contribution in [0, 0.1) is 0 Å². The van der Waals surface area contributed by atoms with Crippen molar-refractivity contribution in [3.05, 3.63) is 0 Å². The Labute approximate surface area is 126 Å². The van der Waals surface area contributed by atoms with Gasteiger partial charge in [-0.3, -0.25) is 4.99 Å². The number of methoxy groups -OCH3 is 1. The van der Waals surface area contributed by atoms with Gasteiger partial charge < -0.3 is 29.2 Å². The van der Waals surface area contributed by atoms with Crippen LogP contribution in [0.4, 0.5) is 0 Å². The van der Waals surface area contributed by atoms with Crippen molar-refractivity contribution in [3.8, 4) is 0 Å². The fourth-order valence-electron chi connectivity index (χ4n) is 2.45. The largest absolute Gasteiger partial charge is 0.382 e. The lowest BCUT2D eigenvalue weighted by molar-refractivity contribution is -0.0834. The molecule has 0 saturated carbocycles. The van der Waals surface area contributed by atoms with Gasteiger partial charge in [-0.15, -0.1) is 0 Å². The van der Waals surface area contributed by atoms with Gasteiger partial charge in [-0.1, -0.05) is 0 Å². The molecule has 0 aliphatic carbocycles. The maximum absolute atomic E-state index is 5.68. The smallest absolute Gasteiger partial charge is 0.194 e. The number of morpholine rings is 1. The third kappa shape index (κ3) is 5.43. The summed E-state index contributed by atoms with van der Waals surface area (Å²) in [6.45, 7) is 8.43. The van der Waals surface area contributed by atoms with Gasteiger partial charge in [0, 0.05) is 26.7 Å². The molecule has 0 radical (unpaired) electrons. The molecular weight excluding hydrogens is 274 g/mol. The first-order valence-corrected chi connectivity index (χ1v) is 7.66. The number of aliphatic imine (C=N–C) groups is 1. The Bertz CT molecular complexity index is 319. The Hall–Kier alpha value is -0.890. The van der Waals surface area contributed by atoms with Crippen LogP contribution in [0.15, 0.2) is 4.99 Å². The van der Waals surface area contributed by atoms with Crippen molar-refractivity contribution in [2.75, 3.05) is 66.3 Å². The van der Waals surface area contributed by atoms with Crippen LogP contribution in [0.1, 0.15) is 6.92 Å². The third-order valence-corrected chi connectivity index (χ3v) is 3.46. The highest BCUT2D eigenvalue weighted by Crippen LogP contribution is 2.07. The van der Waals surface area contributed by atoms with E-state index >= 15 is 0 Å². The Balaban J connectivity index is 1.89. The first kappa shape index (κ1) is 16.5. The maximum Gasteiger partial charge on any atom is 0.194 e. The topological polar surface area (TPSA) is 64.6 Å². The molecule has 7 heteroatoms. The van der Waals surface area contributed by atoms with Gasteiger partial charge in [-0.05, 0) is 6.92 Å². The van der Waals surface area contributed by atoms with Gasteiger partial charge in [-0.2, -0.15) is 0 Å². The zero-order valence-electron chi connectivity index (χ0n) is 13.0. The molecule has 0 bridgehead atoms. The fraction of sp³-hybridized carbons (Fsp3) is 0.929. The van der Waals surface area contributed by atoms with E-state index in [1.807, 2.05) is 0 Å². The van der Waals surface area contributed by atoms with E-state index < -0.39 is 0 Å². The zero-order valence-corrected chi connectivity index (χ0v) is 13.0. The fourth-order valence-corrected chi connectivity index (χ4v) is 2.45. The molecule has 2 unspecified atom stereocenters. The van der Waals surface area contributed by atoms with E-state index in [1.165, 1.54) is 0 Å². The summed E-state index contributed by atoms with van der Waals surface area (Å²) in [5.41, 5.74) is 0. The van der Waals surface area contributed by atoms with Crippen molar-refractivity contribution < 1.29 is 18.9 Å². The molecule has 1 N–H and O–H groups in total. The van der Waals surface area contributed by atoms with Gasteiger partial charge in [0.05, 0.1) is 45.7 Å². The Morgan fingerprint density at radius 1 is 1.29 bits per heavy atom. The Morgan fingerprint density at radius 3 is 2.86 bits per heavy atom. The summed E-state index contributed by atoms with van der Waals surface area (Å²) in [5, 5.41) is 3.34. The molecular formula is C14H27N3O4. The number of guanidine groups is 1. The van der Waals surface area contributed by atoms with Crippen molar-refractivity contribution in [3.63, 3.8) is 0 Å². The molecule has 2 aliphatic rings. The van der Waals surface area contributed by atoms with E-state index in [4.69, 9.17) is 18.9 Å². The van der Waals surface area contributed by atoms with Gasteiger partial charge in [-0.25, -0.2) is 0 Å². The van der Waals surface area contributed by atoms with E-state index in [9.17, 15) is 0 Å². The Kier molecular flexibility index (Phi) is 7.21. The van der Waals surface area contributed by atoms with Gasteiger partial charge >= 0.3 is 0 Å². The average molecular weight is 301 g/mol. The van der Waals surface area contributed by atoms with E-state index in [0.29, 0.717) is 39.6 Å². The van der Waals surface area contributed by atoms with Crippen LogP contribution in [-0.2, 0) is 18.9 Å². The van der Waals surface area contributed by atoms with Crippen molar-refractivity contribution >= 4 is 5.96 Å². The number of nitrogens with zero attached hydrogens (tertiary/aromatic N) is 2. The van der Waals surface area contributed by atoms with Crippen LogP contribution >= 0.6 is 0 Å². The van der Waals surface area contributed by atoms with Gasteiger partial charge in [0.15, 0.2) is 5.96 Å². The van der Waals surface area contributed by atoms with E-state index in [2.05, 4.69) is 22.1 Å². The number of hydrogen-bond donors (Lipinski definition) is 1. The van der Waals surface area contributed by atoms with Crippen LogP contribution in [0.25, 0.3) is 0 Å². The summed E-state index contributed by atoms with van der Waals surface area (Å²) in [6, 6.07) is 0. The van der Waals surface area contributed by atoms with Crippen LogP contribution in [0.5, 0.6) is 0 Å². The lowest BCUT2D eigenvalue weighted by Gasteiger charge is -2.35. The molecule has 2 rings (SSSR count). The molecule has 2 heterocycles. The summed E-state index contributed by atoms with van der Waals surface area (Å²) < 4.78 is 21.9. The molecule has 0 spiro atoms. The standard InChI is InChI=1S/C14H27N3O4/c1-3-15-14(16-8-12-11-19-6-7-21-12)17-4-5-20-13(9-17)10-18-2/h12-13H,3-11H2,1-2H3,(H,15,16). The molecule has 0 aromatic heterocycles. The predicted molar refractivity (Wildman–Crippen MR) is 79.7 cm³/mol. The second kappa shape index (κ2) is 9.19. The first-order valence-electron chi connectivity index (χ1n) is 7.66. The first-order chi connectivity index (χ1) is 10.3. The molecule has 0 amide bonds. The summed E-state index contributed by atoms with van der Waals surface area (Å²) in [7, 11) is 1.70. The van der Waals surface area contributed by atoms with Gasteiger partial charge in [0.25, 0.3) is 0 Å². The van der Waals surface area contributed by atoms with E-state index in [0.717, 1.165) is 25.6 Å². The number of nitrogens with one attached hydrogen (secondary N) is 1. The minimum atomic E-state index is 0.0585. The summed E-state index contributed by atoms with van der Waals surface area (Å²) in [4.78, 5) is 6.91. The number of rotatable bonds is 5. The number of hydrogen-bond acceptors (Lipinski definition) is 5. The van der Waals surface area contributed by atoms with Crippen LogP contribution < -0.4 is 5.32 Å². The summed E-state index contributed by atoms with van der Waals surface area (Å²) >= 11 is 0. The monoisotopic (exact) mass is 301 g/mol. The van der Waals surface area contributed by atoms with Crippen molar-refractivity contribution in [2.45, 2.75) is 19.1 Å². The number of ether oxygens (including phenoxy) is 4. The van der Waals surface area contributed by atoms with Crippen molar-refractivity contribution in [1.29, 1.82) is 0 Å². The SMILES string of the molecule is CCNC(=NCC1COCCO1)N1CCOC(COC)C1. The summed E-state index contributed by atoms with van der Waals surface area (Å²) in [6.07, 6.45) is 0.157. The molecule has 122 valence electrons. The van der Waals surface area contributed by atoms with E-state index in [1.54, 1.807) is 7.11 Å². The molecule has 0 aromatic carbocycles. The van der Waals surface area contributed by atoms with Crippen molar-refractivity contribution in [1.82, 2.24) is 10.2 Å². The molecule has 7 nitrogen and oxygen atoms in total. The quantitative estimate of drug-likeness (QED) is 0.556. The van der Waals surface area contributed by atoms with E-state index in [-0.39, 0.29) is 12.2 Å². The summed E-state index contributed by atoms with van der Waals surface area (Å²) in [5.74, 6) is 0.913. The van der Waals surface area contributed by atoms with Gasteiger partial charge in [0.2, 0.25) is 0 Å².